The van der Waals surface area contributed by atoms with Gasteiger partial charge in [0.15, 0.2) is 0 Å². The van der Waals surface area contributed by atoms with Crippen LogP contribution in [0.25, 0.3) is 0 Å². The van der Waals surface area contributed by atoms with E-state index in [4.69, 9.17) is 0 Å². The SMILES string of the molecule is CC1CCN(c2ccc(NC(=O)c3sccc3S(=O)(=O)N3CCCC3)cc2)C1. The average molecular weight is 420 g/mol. The molecular formula is C20H25N3O3S2. The van der Waals surface area contributed by atoms with Gasteiger partial charge < -0.3 is 10.2 Å². The molecule has 28 heavy (non-hydrogen) atoms. The van der Waals surface area contributed by atoms with Crippen LogP contribution < -0.4 is 10.2 Å². The first-order chi connectivity index (χ1) is 13.4. The zero-order chi connectivity index (χ0) is 19.7. The van der Waals surface area contributed by atoms with E-state index in [1.807, 2.05) is 24.3 Å². The highest BCUT2D eigenvalue weighted by molar-refractivity contribution is 7.89. The van der Waals surface area contributed by atoms with Crippen LogP contribution in [0.15, 0.2) is 40.6 Å². The Morgan fingerprint density at radius 1 is 1.11 bits per heavy atom. The van der Waals surface area contributed by atoms with E-state index in [9.17, 15) is 13.2 Å². The molecule has 1 unspecified atom stereocenters. The summed E-state index contributed by atoms with van der Waals surface area (Å²) < 4.78 is 27.1. The minimum atomic E-state index is -3.61. The molecule has 0 bridgehead atoms. The molecule has 2 aliphatic heterocycles. The molecule has 3 heterocycles. The maximum Gasteiger partial charge on any atom is 0.267 e. The number of amides is 1. The van der Waals surface area contributed by atoms with Crippen LogP contribution in [-0.4, -0.2) is 44.8 Å². The monoisotopic (exact) mass is 419 g/mol. The summed E-state index contributed by atoms with van der Waals surface area (Å²) in [5.41, 5.74) is 1.81. The fourth-order valence-electron chi connectivity index (χ4n) is 3.85. The van der Waals surface area contributed by atoms with Crippen LogP contribution in [0.2, 0.25) is 0 Å². The minimum Gasteiger partial charge on any atom is -0.371 e. The normalized spacial score (nSPS) is 20.6. The Kier molecular flexibility index (Phi) is 5.44. The molecule has 2 fully saturated rings. The second-order valence-electron chi connectivity index (χ2n) is 7.57. The number of benzene rings is 1. The standard InChI is InChI=1S/C20H25N3O3S2/c1-15-8-12-22(14-15)17-6-4-16(5-7-17)21-20(24)19-18(9-13-27-19)28(25,26)23-10-2-3-11-23/h4-7,9,13,15H,2-3,8,10-12,14H2,1H3,(H,21,24). The summed E-state index contributed by atoms with van der Waals surface area (Å²) in [4.78, 5) is 15.4. The average Bonchev–Trinajstić information content (AvgIpc) is 3.43. The molecule has 4 rings (SSSR count). The van der Waals surface area contributed by atoms with E-state index < -0.39 is 10.0 Å². The first-order valence-electron chi connectivity index (χ1n) is 9.69. The molecule has 1 atom stereocenters. The van der Waals surface area contributed by atoms with Crippen LogP contribution in [0.4, 0.5) is 11.4 Å². The van der Waals surface area contributed by atoms with Crippen LogP contribution in [0, 0.1) is 5.92 Å². The van der Waals surface area contributed by atoms with Crippen molar-refractivity contribution in [3.63, 3.8) is 0 Å². The molecule has 0 saturated carbocycles. The van der Waals surface area contributed by atoms with Gasteiger partial charge in [-0.15, -0.1) is 11.3 Å². The summed E-state index contributed by atoms with van der Waals surface area (Å²) in [5, 5.41) is 4.51. The quantitative estimate of drug-likeness (QED) is 0.803. The highest BCUT2D eigenvalue weighted by Gasteiger charge is 2.31. The molecule has 6 nitrogen and oxygen atoms in total. The van der Waals surface area contributed by atoms with E-state index in [0.717, 1.165) is 43.0 Å². The van der Waals surface area contributed by atoms with Crippen molar-refractivity contribution >= 4 is 38.6 Å². The molecular weight excluding hydrogens is 394 g/mol. The van der Waals surface area contributed by atoms with Crippen LogP contribution in [0.5, 0.6) is 0 Å². The lowest BCUT2D eigenvalue weighted by atomic mass is 10.2. The van der Waals surface area contributed by atoms with Gasteiger partial charge in [-0.2, -0.15) is 4.31 Å². The van der Waals surface area contributed by atoms with Gasteiger partial charge in [0.05, 0.1) is 0 Å². The van der Waals surface area contributed by atoms with E-state index in [1.54, 1.807) is 5.38 Å². The van der Waals surface area contributed by atoms with Crippen molar-refractivity contribution in [1.82, 2.24) is 4.31 Å². The molecule has 2 aromatic rings. The third-order valence-corrected chi connectivity index (χ3v) is 8.42. The first kappa shape index (κ1) is 19.4. The van der Waals surface area contributed by atoms with E-state index in [1.165, 1.54) is 16.8 Å². The lowest BCUT2D eigenvalue weighted by molar-refractivity contribution is 0.102. The maximum atomic E-state index is 12.8. The number of carbonyl (C=O) groups is 1. The predicted octanol–water partition coefficient (Wildman–Crippen LogP) is 3.63. The number of sulfonamides is 1. The summed E-state index contributed by atoms with van der Waals surface area (Å²) in [5.74, 6) is 0.324. The molecule has 1 amide bonds. The Bertz CT molecular complexity index is 947. The smallest absolute Gasteiger partial charge is 0.267 e. The second kappa shape index (κ2) is 7.85. The summed E-state index contributed by atoms with van der Waals surface area (Å²) >= 11 is 1.16. The van der Waals surface area contributed by atoms with Gasteiger partial charge in [0.1, 0.15) is 9.77 Å². The molecule has 0 aliphatic carbocycles. The zero-order valence-electron chi connectivity index (χ0n) is 15.9. The number of nitrogens with one attached hydrogen (secondary N) is 1. The largest absolute Gasteiger partial charge is 0.371 e. The third-order valence-electron chi connectivity index (χ3n) is 5.43. The van der Waals surface area contributed by atoms with Crippen molar-refractivity contribution in [2.24, 2.45) is 5.92 Å². The highest BCUT2D eigenvalue weighted by Crippen LogP contribution is 2.29. The van der Waals surface area contributed by atoms with Crippen molar-refractivity contribution in [1.29, 1.82) is 0 Å². The van der Waals surface area contributed by atoms with Crippen LogP contribution in [0.3, 0.4) is 0 Å². The Labute approximate surface area is 170 Å². The van der Waals surface area contributed by atoms with Crippen molar-refractivity contribution in [3.05, 3.63) is 40.6 Å². The number of hydrogen-bond acceptors (Lipinski definition) is 5. The zero-order valence-corrected chi connectivity index (χ0v) is 17.6. The number of nitrogens with zero attached hydrogens (tertiary/aromatic N) is 2. The van der Waals surface area contributed by atoms with Gasteiger partial charge in [0.2, 0.25) is 10.0 Å². The number of hydrogen-bond donors (Lipinski definition) is 1. The van der Waals surface area contributed by atoms with Gasteiger partial charge in [0.25, 0.3) is 5.91 Å². The molecule has 2 aliphatic rings. The summed E-state index contributed by atoms with van der Waals surface area (Å²) in [6.45, 7) is 5.41. The fraction of sp³-hybridized carbons (Fsp3) is 0.450. The Morgan fingerprint density at radius 2 is 1.82 bits per heavy atom. The van der Waals surface area contributed by atoms with Crippen LogP contribution >= 0.6 is 11.3 Å². The second-order valence-corrected chi connectivity index (χ2v) is 10.4. The number of anilines is 2. The molecule has 1 N–H and O–H groups in total. The number of carbonyl (C=O) groups excluding carboxylic acids is 1. The Balaban J connectivity index is 1.48. The van der Waals surface area contributed by atoms with E-state index in [0.29, 0.717) is 24.7 Å². The van der Waals surface area contributed by atoms with Crippen LogP contribution in [0.1, 0.15) is 35.9 Å². The highest BCUT2D eigenvalue weighted by atomic mass is 32.2. The molecule has 8 heteroatoms. The van der Waals surface area contributed by atoms with Gasteiger partial charge in [-0.05, 0) is 60.9 Å². The molecule has 0 radical (unpaired) electrons. The van der Waals surface area contributed by atoms with Gasteiger partial charge >= 0.3 is 0 Å². The van der Waals surface area contributed by atoms with Crippen molar-refractivity contribution in [3.8, 4) is 0 Å². The maximum absolute atomic E-state index is 12.8. The number of rotatable bonds is 5. The lowest BCUT2D eigenvalue weighted by Gasteiger charge is -2.18. The molecule has 0 spiro atoms. The van der Waals surface area contributed by atoms with E-state index in [-0.39, 0.29) is 15.7 Å². The van der Waals surface area contributed by atoms with E-state index in [2.05, 4.69) is 17.1 Å². The molecule has 1 aromatic carbocycles. The number of thiophene rings is 1. The Hall–Kier alpha value is -1.90. The summed E-state index contributed by atoms with van der Waals surface area (Å²) in [6, 6.07) is 9.29. The summed E-state index contributed by atoms with van der Waals surface area (Å²) in [6.07, 6.45) is 2.94. The van der Waals surface area contributed by atoms with Crippen LogP contribution in [-0.2, 0) is 10.0 Å². The Morgan fingerprint density at radius 3 is 2.46 bits per heavy atom. The predicted molar refractivity (Wildman–Crippen MR) is 113 cm³/mol. The topological polar surface area (TPSA) is 69.7 Å². The van der Waals surface area contributed by atoms with Gasteiger partial charge in [-0.1, -0.05) is 6.92 Å². The van der Waals surface area contributed by atoms with Gasteiger partial charge in [-0.25, -0.2) is 8.42 Å². The minimum absolute atomic E-state index is 0.111. The van der Waals surface area contributed by atoms with Gasteiger partial charge in [0, 0.05) is 37.6 Å². The van der Waals surface area contributed by atoms with Crippen molar-refractivity contribution in [2.75, 3.05) is 36.4 Å². The summed E-state index contributed by atoms with van der Waals surface area (Å²) in [7, 11) is -3.61. The molecule has 2 saturated heterocycles. The molecule has 1 aromatic heterocycles. The molecule has 150 valence electrons. The van der Waals surface area contributed by atoms with Crippen molar-refractivity contribution < 1.29 is 13.2 Å². The van der Waals surface area contributed by atoms with Crippen molar-refractivity contribution in [2.45, 2.75) is 31.1 Å². The fourth-order valence-corrected chi connectivity index (χ4v) is 6.66. The first-order valence-corrected chi connectivity index (χ1v) is 12.0. The van der Waals surface area contributed by atoms with E-state index >= 15 is 0 Å². The lowest BCUT2D eigenvalue weighted by Crippen LogP contribution is -2.29. The third kappa shape index (κ3) is 3.81. The van der Waals surface area contributed by atoms with Gasteiger partial charge in [-0.3, -0.25) is 4.79 Å².